The van der Waals surface area contributed by atoms with Crippen LogP contribution in [0.3, 0.4) is 0 Å². The Morgan fingerprint density at radius 1 is 0.516 bits per heavy atom. The van der Waals surface area contributed by atoms with Crippen LogP contribution in [-0.2, 0) is 4.79 Å². The van der Waals surface area contributed by atoms with Gasteiger partial charge in [-0.1, -0.05) is 126 Å². The van der Waals surface area contributed by atoms with Crippen molar-refractivity contribution in [1.29, 1.82) is 0 Å². The summed E-state index contributed by atoms with van der Waals surface area (Å²) in [5, 5.41) is 8.81. The molecule has 2 nitrogen and oxygen atoms in total. The molecule has 0 atom stereocenters. The molecule has 164 valence electrons. The average Bonchev–Trinajstić information content (AvgIpc) is 2.71. The van der Waals surface area contributed by atoms with E-state index in [0.717, 1.165) is 11.1 Å². The van der Waals surface area contributed by atoms with Gasteiger partial charge in [0.1, 0.15) is 0 Å². The van der Waals surface area contributed by atoms with Crippen LogP contribution in [0.1, 0.15) is 41.5 Å². The van der Waals surface area contributed by atoms with E-state index in [1.807, 2.05) is 81.5 Å². The van der Waals surface area contributed by atoms with Gasteiger partial charge in [-0.3, -0.25) is 0 Å². The molecular weight excluding hydrogens is 380 g/mol. The van der Waals surface area contributed by atoms with E-state index < -0.39 is 5.97 Å². The fourth-order valence-corrected chi connectivity index (χ4v) is 2.07. The summed E-state index contributed by atoms with van der Waals surface area (Å²) in [6.07, 6.45) is 33.8. The van der Waals surface area contributed by atoms with E-state index in [4.69, 9.17) is 5.11 Å². The predicted octanol–water partition coefficient (Wildman–Crippen LogP) is 8.16. The summed E-state index contributed by atoms with van der Waals surface area (Å²) in [6.45, 7) is 11.7. The van der Waals surface area contributed by atoms with E-state index >= 15 is 0 Å². The highest BCUT2D eigenvalue weighted by Crippen LogP contribution is 2.03. The van der Waals surface area contributed by atoms with E-state index in [0.29, 0.717) is 5.57 Å². The summed E-state index contributed by atoms with van der Waals surface area (Å²) in [5.41, 5.74) is 4.87. The highest BCUT2D eigenvalue weighted by atomic mass is 16.4. The zero-order valence-corrected chi connectivity index (χ0v) is 19.7. The molecule has 0 radical (unpaired) electrons. The second kappa shape index (κ2) is 17.5. The smallest absolute Gasteiger partial charge is 0.331 e. The third-order valence-electron chi connectivity index (χ3n) is 3.97. The van der Waals surface area contributed by atoms with Gasteiger partial charge in [0, 0.05) is 5.57 Å². The Balaban J connectivity index is 4.72. The van der Waals surface area contributed by atoms with Gasteiger partial charge in [-0.25, -0.2) is 4.79 Å². The largest absolute Gasteiger partial charge is 0.478 e. The minimum Gasteiger partial charge on any atom is -0.478 e. The van der Waals surface area contributed by atoms with Crippen molar-refractivity contribution in [3.05, 3.63) is 131 Å². The summed E-state index contributed by atoms with van der Waals surface area (Å²) in [6, 6.07) is 0. The van der Waals surface area contributed by atoms with E-state index in [1.54, 1.807) is 19.1 Å². The van der Waals surface area contributed by atoms with Crippen molar-refractivity contribution in [2.45, 2.75) is 41.5 Å². The van der Waals surface area contributed by atoms with Crippen LogP contribution in [0.4, 0.5) is 0 Å². The molecule has 0 aromatic heterocycles. The summed E-state index contributed by atoms with van der Waals surface area (Å²) in [7, 11) is 0. The van der Waals surface area contributed by atoms with Gasteiger partial charge in [0.2, 0.25) is 0 Å². The first kappa shape index (κ1) is 27.6. The average molecular weight is 417 g/mol. The third kappa shape index (κ3) is 17.2. The monoisotopic (exact) mass is 416 g/mol. The Labute approximate surface area is 188 Å². The molecule has 0 fully saturated rings. The highest BCUT2D eigenvalue weighted by molar-refractivity contribution is 5.86. The molecule has 31 heavy (non-hydrogen) atoms. The highest BCUT2D eigenvalue weighted by Gasteiger charge is 1.95. The van der Waals surface area contributed by atoms with Crippen molar-refractivity contribution < 1.29 is 9.90 Å². The molecule has 0 unspecified atom stereocenters. The predicted molar refractivity (Wildman–Crippen MR) is 137 cm³/mol. The standard InChI is InChI=1S/C29H36O2/c1-7-8-9-15-24(2)16-10-11-17-25(3)18-12-19-26(4)20-13-21-27(5)22-14-23-28(6)29(30)31/h7-23H,1-6H3,(H,30,31)/b8-7-,11-10+,15-9+,18-12+,20-13+,22-14+,24-16+,25-17+,26-19+,27-21+,28-23+. The minimum atomic E-state index is -0.902. The Morgan fingerprint density at radius 3 is 1.26 bits per heavy atom. The van der Waals surface area contributed by atoms with Crippen LogP contribution in [0.2, 0.25) is 0 Å². The fourth-order valence-electron chi connectivity index (χ4n) is 2.07. The maximum atomic E-state index is 10.7. The number of rotatable bonds is 11. The number of allylic oxidation sites excluding steroid dienone is 21. The lowest BCUT2D eigenvalue weighted by Crippen LogP contribution is -1.94. The number of carboxylic acid groups (broad SMARTS) is 1. The normalized spacial score (nSPS) is 15.9. The van der Waals surface area contributed by atoms with E-state index in [2.05, 4.69) is 44.2 Å². The molecule has 0 saturated heterocycles. The van der Waals surface area contributed by atoms with Gasteiger partial charge in [-0.15, -0.1) is 0 Å². The van der Waals surface area contributed by atoms with Crippen LogP contribution < -0.4 is 0 Å². The molecule has 0 bridgehead atoms. The van der Waals surface area contributed by atoms with Gasteiger partial charge < -0.3 is 5.11 Å². The molecule has 1 N–H and O–H groups in total. The lowest BCUT2D eigenvalue weighted by Gasteiger charge is -1.91. The number of carbonyl (C=O) groups is 1. The van der Waals surface area contributed by atoms with E-state index in [-0.39, 0.29) is 0 Å². The van der Waals surface area contributed by atoms with Crippen molar-refractivity contribution in [3.63, 3.8) is 0 Å². The zero-order valence-electron chi connectivity index (χ0n) is 19.7. The van der Waals surface area contributed by atoms with Crippen LogP contribution in [0.5, 0.6) is 0 Å². The van der Waals surface area contributed by atoms with Gasteiger partial charge in [0.15, 0.2) is 0 Å². The minimum absolute atomic E-state index is 0.314. The van der Waals surface area contributed by atoms with Crippen LogP contribution in [0, 0.1) is 0 Å². The van der Waals surface area contributed by atoms with Gasteiger partial charge in [-0.2, -0.15) is 0 Å². The topological polar surface area (TPSA) is 37.3 Å². The van der Waals surface area contributed by atoms with Crippen molar-refractivity contribution in [3.8, 4) is 0 Å². The second-order valence-corrected chi connectivity index (χ2v) is 7.14. The van der Waals surface area contributed by atoms with Crippen molar-refractivity contribution in [1.82, 2.24) is 0 Å². The Kier molecular flexibility index (Phi) is 15.6. The number of hydrogen-bond acceptors (Lipinski definition) is 1. The lowest BCUT2D eigenvalue weighted by atomic mass is 10.2. The molecule has 0 aliphatic heterocycles. The van der Waals surface area contributed by atoms with E-state index in [9.17, 15) is 4.79 Å². The molecule has 0 amide bonds. The van der Waals surface area contributed by atoms with Gasteiger partial charge >= 0.3 is 5.97 Å². The van der Waals surface area contributed by atoms with Crippen molar-refractivity contribution in [2.75, 3.05) is 0 Å². The Bertz CT molecular complexity index is 902. The summed E-state index contributed by atoms with van der Waals surface area (Å²) >= 11 is 0. The Hall–Kier alpha value is -3.39. The van der Waals surface area contributed by atoms with Crippen LogP contribution in [0.25, 0.3) is 0 Å². The third-order valence-corrected chi connectivity index (χ3v) is 3.97. The quantitative estimate of drug-likeness (QED) is 0.272. The number of carboxylic acids is 1. The molecule has 0 aromatic rings. The molecular formula is C29H36O2. The molecule has 0 rings (SSSR count). The number of hydrogen-bond donors (Lipinski definition) is 1. The van der Waals surface area contributed by atoms with Crippen molar-refractivity contribution in [2.24, 2.45) is 0 Å². The first-order chi connectivity index (χ1) is 14.8. The second-order valence-electron chi connectivity index (χ2n) is 7.14. The zero-order chi connectivity index (χ0) is 23.5. The summed E-state index contributed by atoms with van der Waals surface area (Å²) in [5.74, 6) is -0.902. The van der Waals surface area contributed by atoms with Crippen molar-refractivity contribution >= 4 is 5.97 Å². The summed E-state index contributed by atoms with van der Waals surface area (Å²) < 4.78 is 0. The van der Waals surface area contributed by atoms with Gasteiger partial charge in [-0.05, 0) is 41.5 Å². The fraction of sp³-hybridized carbons (Fsp3) is 0.207. The first-order valence-corrected chi connectivity index (χ1v) is 10.4. The maximum absolute atomic E-state index is 10.7. The lowest BCUT2D eigenvalue weighted by molar-refractivity contribution is -0.132. The molecule has 0 aromatic carbocycles. The molecule has 0 aliphatic carbocycles. The van der Waals surface area contributed by atoms with Crippen LogP contribution >= 0.6 is 0 Å². The van der Waals surface area contributed by atoms with Crippen LogP contribution in [-0.4, -0.2) is 11.1 Å². The molecule has 0 spiro atoms. The molecule has 0 aliphatic rings. The SMILES string of the molecule is C\C=C/C=C/C(C)=C/C=C/C=C(C)/C=C/C=C(C)/C=C/C=C(C)/C=C/C=C(\C)C(=O)O. The van der Waals surface area contributed by atoms with Crippen LogP contribution in [0.15, 0.2) is 131 Å². The maximum Gasteiger partial charge on any atom is 0.331 e. The van der Waals surface area contributed by atoms with Gasteiger partial charge in [0.25, 0.3) is 0 Å². The molecule has 0 heterocycles. The van der Waals surface area contributed by atoms with Gasteiger partial charge in [0.05, 0.1) is 0 Å². The number of aliphatic carboxylic acids is 1. The first-order valence-electron chi connectivity index (χ1n) is 10.4. The Morgan fingerprint density at radius 2 is 0.871 bits per heavy atom. The molecule has 2 heteroatoms. The van der Waals surface area contributed by atoms with E-state index in [1.165, 1.54) is 11.1 Å². The summed E-state index contributed by atoms with van der Waals surface area (Å²) in [4.78, 5) is 10.7. The molecule has 0 saturated carbocycles.